The fourth-order valence-corrected chi connectivity index (χ4v) is 9.16. The van der Waals surface area contributed by atoms with E-state index in [1.807, 2.05) is 42.5 Å². The molecule has 0 aliphatic carbocycles. The summed E-state index contributed by atoms with van der Waals surface area (Å²) in [5, 5.41) is 10.7. The minimum absolute atomic E-state index is 0.572. The summed E-state index contributed by atoms with van der Waals surface area (Å²) in [5.74, 6) is 2.35. The molecule has 0 bridgehead atoms. The van der Waals surface area contributed by atoms with E-state index >= 15 is 0 Å². The van der Waals surface area contributed by atoms with Gasteiger partial charge in [-0.3, -0.25) is 0 Å². The zero-order valence-electron chi connectivity index (χ0n) is 33.1. The first-order valence-electron chi connectivity index (χ1n) is 20.7. The van der Waals surface area contributed by atoms with E-state index in [-0.39, 0.29) is 0 Å². The van der Waals surface area contributed by atoms with E-state index in [0.717, 1.165) is 98.5 Å². The van der Waals surface area contributed by atoms with Gasteiger partial charge in [-0.1, -0.05) is 158 Å². The largest absolute Gasteiger partial charge is 0.456 e. The molecule has 13 rings (SSSR count). The van der Waals surface area contributed by atoms with Crippen molar-refractivity contribution >= 4 is 76.1 Å². The Labute approximate surface area is 354 Å². The molecule has 10 aromatic carbocycles. The first kappa shape index (κ1) is 34.4. The highest BCUT2D eigenvalue weighted by atomic mass is 16.4. The maximum Gasteiger partial charge on any atom is 0.227 e. The number of hydrogen-bond donors (Lipinski definition) is 0. The third-order valence-corrected chi connectivity index (χ3v) is 12.1. The fraction of sp³-hybridized carbons (Fsp3) is 0. The van der Waals surface area contributed by atoms with Crippen molar-refractivity contribution in [1.82, 2.24) is 19.9 Å². The molecule has 62 heavy (non-hydrogen) atoms. The van der Waals surface area contributed by atoms with Crippen molar-refractivity contribution in [3.8, 4) is 56.7 Å². The van der Waals surface area contributed by atoms with Gasteiger partial charge in [0.25, 0.3) is 0 Å². The molecule has 0 unspecified atom stereocenters. The van der Waals surface area contributed by atoms with Gasteiger partial charge in [-0.15, -0.1) is 0 Å². The summed E-state index contributed by atoms with van der Waals surface area (Å²) in [6, 6.07) is 67.1. The second-order valence-electron chi connectivity index (χ2n) is 15.7. The van der Waals surface area contributed by atoms with Gasteiger partial charge in [-0.25, -0.2) is 19.9 Å². The number of nitrogens with zero attached hydrogens (tertiary/aromatic N) is 4. The molecule has 3 heterocycles. The summed E-state index contributed by atoms with van der Waals surface area (Å²) in [7, 11) is 0. The van der Waals surface area contributed by atoms with Crippen molar-refractivity contribution in [2.75, 3.05) is 0 Å². The van der Waals surface area contributed by atoms with Gasteiger partial charge in [0.15, 0.2) is 23.1 Å². The molecule has 0 amide bonds. The Kier molecular flexibility index (Phi) is 7.50. The maximum atomic E-state index is 6.73. The SMILES string of the molecule is c1ccc(-c2ccc(-c3nc(-c4ccc5ccc6oc7ccc8nc(-c9cccc%10ccccc9%10)oc8c7c6c5c4)nc(-c4cc5ccccc5c5ccccc45)n3)cc2)cc1. The molecular formula is C56H32N4O2. The van der Waals surface area contributed by atoms with Crippen LogP contribution < -0.4 is 0 Å². The van der Waals surface area contributed by atoms with Gasteiger partial charge >= 0.3 is 0 Å². The van der Waals surface area contributed by atoms with Crippen LogP contribution in [0.3, 0.4) is 0 Å². The molecule has 0 saturated heterocycles. The van der Waals surface area contributed by atoms with Crippen molar-refractivity contribution < 1.29 is 8.83 Å². The molecule has 13 aromatic rings. The molecule has 0 fully saturated rings. The molecule has 0 saturated carbocycles. The Bertz CT molecular complexity index is 3920. The second kappa shape index (κ2) is 13.5. The minimum atomic E-state index is 0.572. The molecule has 6 nitrogen and oxygen atoms in total. The predicted octanol–water partition coefficient (Wildman–Crippen LogP) is 14.9. The first-order valence-corrected chi connectivity index (χ1v) is 20.7. The molecule has 288 valence electrons. The van der Waals surface area contributed by atoms with Crippen LogP contribution in [-0.2, 0) is 0 Å². The third kappa shape index (κ3) is 5.44. The van der Waals surface area contributed by atoms with Crippen LogP contribution in [-0.4, -0.2) is 19.9 Å². The predicted molar refractivity (Wildman–Crippen MR) is 252 cm³/mol. The molecular weight excluding hydrogens is 761 g/mol. The lowest BCUT2D eigenvalue weighted by Crippen LogP contribution is -2.01. The lowest BCUT2D eigenvalue weighted by atomic mass is 9.96. The monoisotopic (exact) mass is 792 g/mol. The van der Waals surface area contributed by atoms with E-state index in [2.05, 4.69) is 152 Å². The number of aromatic nitrogens is 4. The van der Waals surface area contributed by atoms with Gasteiger partial charge in [0.1, 0.15) is 16.7 Å². The van der Waals surface area contributed by atoms with E-state index in [4.69, 9.17) is 28.8 Å². The number of oxazole rings is 1. The topological polar surface area (TPSA) is 77.8 Å². The first-order chi connectivity index (χ1) is 30.7. The summed E-state index contributed by atoms with van der Waals surface area (Å²) in [4.78, 5) is 20.8. The lowest BCUT2D eigenvalue weighted by Gasteiger charge is -2.13. The van der Waals surface area contributed by atoms with Crippen LogP contribution in [0.2, 0.25) is 0 Å². The summed E-state index contributed by atoms with van der Waals surface area (Å²) in [6.45, 7) is 0. The third-order valence-electron chi connectivity index (χ3n) is 12.1. The van der Waals surface area contributed by atoms with Gasteiger partial charge in [0, 0.05) is 27.6 Å². The Morgan fingerprint density at radius 2 is 0.903 bits per heavy atom. The van der Waals surface area contributed by atoms with Crippen LogP contribution >= 0.6 is 0 Å². The molecule has 0 N–H and O–H groups in total. The molecule has 0 aliphatic heterocycles. The van der Waals surface area contributed by atoms with E-state index < -0.39 is 0 Å². The van der Waals surface area contributed by atoms with E-state index in [0.29, 0.717) is 28.9 Å². The van der Waals surface area contributed by atoms with Crippen LogP contribution in [0, 0.1) is 0 Å². The zero-order chi connectivity index (χ0) is 40.7. The Morgan fingerprint density at radius 1 is 0.306 bits per heavy atom. The Morgan fingerprint density at radius 3 is 1.76 bits per heavy atom. The molecule has 0 spiro atoms. The highest BCUT2D eigenvalue weighted by Gasteiger charge is 2.21. The van der Waals surface area contributed by atoms with Crippen molar-refractivity contribution in [3.63, 3.8) is 0 Å². The van der Waals surface area contributed by atoms with Crippen LogP contribution in [0.1, 0.15) is 0 Å². The Balaban J connectivity index is 1.03. The molecule has 0 atom stereocenters. The number of furan rings is 1. The van der Waals surface area contributed by atoms with Crippen molar-refractivity contribution in [3.05, 3.63) is 194 Å². The normalized spacial score (nSPS) is 11.9. The molecule has 0 radical (unpaired) electrons. The molecule has 3 aromatic heterocycles. The van der Waals surface area contributed by atoms with E-state index in [9.17, 15) is 0 Å². The molecule has 0 aliphatic rings. The number of hydrogen-bond acceptors (Lipinski definition) is 6. The quantitative estimate of drug-likeness (QED) is 0.162. The minimum Gasteiger partial charge on any atom is -0.456 e. The van der Waals surface area contributed by atoms with Crippen molar-refractivity contribution in [1.29, 1.82) is 0 Å². The average molecular weight is 793 g/mol. The highest BCUT2D eigenvalue weighted by molar-refractivity contribution is 6.25. The summed E-state index contributed by atoms with van der Waals surface area (Å²) in [5.41, 5.74) is 8.89. The van der Waals surface area contributed by atoms with Crippen molar-refractivity contribution in [2.24, 2.45) is 0 Å². The Hall–Kier alpha value is -8.48. The molecule has 6 heteroatoms. The van der Waals surface area contributed by atoms with Gasteiger partial charge in [-0.05, 0) is 90.6 Å². The summed E-state index contributed by atoms with van der Waals surface area (Å²) in [6.07, 6.45) is 0. The van der Waals surface area contributed by atoms with Crippen LogP contribution in [0.5, 0.6) is 0 Å². The number of fused-ring (bicyclic) bond motifs is 11. The van der Waals surface area contributed by atoms with Gasteiger partial charge in [0.2, 0.25) is 5.89 Å². The average Bonchev–Trinajstić information content (AvgIpc) is 3.96. The number of rotatable bonds is 5. The van der Waals surface area contributed by atoms with Crippen LogP contribution in [0.4, 0.5) is 0 Å². The van der Waals surface area contributed by atoms with Gasteiger partial charge in [-0.2, -0.15) is 0 Å². The fourth-order valence-electron chi connectivity index (χ4n) is 9.16. The number of benzene rings is 10. The van der Waals surface area contributed by atoms with Gasteiger partial charge in [0.05, 0.1) is 5.39 Å². The van der Waals surface area contributed by atoms with Crippen LogP contribution in [0.25, 0.3) is 133 Å². The van der Waals surface area contributed by atoms with E-state index in [1.165, 1.54) is 5.39 Å². The smallest absolute Gasteiger partial charge is 0.227 e. The standard InChI is InChI=1S/C56H32N4O2/c1-2-11-33(12-3-1)34-21-24-37(25-22-34)53-58-54(60-55(59-53)46-31-38-14-5-7-17-41(38)42-18-8-9-19-43(42)46)39-26-23-36-27-29-48-50(45(36)32-39)51-49(61-48)30-28-47-52(51)62-56(57-47)44-20-10-15-35-13-4-6-16-40(35)44/h1-32H. The van der Waals surface area contributed by atoms with Crippen molar-refractivity contribution in [2.45, 2.75) is 0 Å². The summed E-state index contributed by atoms with van der Waals surface area (Å²) < 4.78 is 13.3. The van der Waals surface area contributed by atoms with Crippen LogP contribution in [0.15, 0.2) is 203 Å². The maximum absolute atomic E-state index is 6.73. The second-order valence-corrected chi connectivity index (χ2v) is 15.7. The summed E-state index contributed by atoms with van der Waals surface area (Å²) >= 11 is 0. The van der Waals surface area contributed by atoms with E-state index in [1.54, 1.807) is 0 Å². The lowest BCUT2D eigenvalue weighted by molar-refractivity contribution is 0.623. The zero-order valence-corrected chi connectivity index (χ0v) is 33.1. The van der Waals surface area contributed by atoms with Gasteiger partial charge < -0.3 is 8.83 Å². The highest BCUT2D eigenvalue weighted by Crippen LogP contribution is 2.42.